The molecule has 230 valence electrons. The Balaban J connectivity index is 1.46. The second-order valence-corrected chi connectivity index (χ2v) is 12.0. The van der Waals surface area contributed by atoms with E-state index in [0.717, 1.165) is 10.9 Å². The number of nitrogens with one attached hydrogen (secondary N) is 1. The predicted molar refractivity (Wildman–Crippen MR) is 150 cm³/mol. The summed E-state index contributed by atoms with van der Waals surface area (Å²) in [5.41, 5.74) is 1.39. The van der Waals surface area contributed by atoms with E-state index in [1.54, 1.807) is 24.3 Å². The highest BCUT2D eigenvalue weighted by molar-refractivity contribution is 8.07. The molecule has 1 aliphatic heterocycles. The SMILES string of the molecule is COc1ccc(OP(=S)(OC[C@@]2(C(F)F)O[C@@H](n3cnc4c(=O)[nH]c(N)nc43)[C@@H](F)[C@@H]2O)Oc2ccc(OC)cc2)cc1. The monoisotopic (exact) mass is 643 g/mol. The molecule has 4 atom stereocenters. The van der Waals surface area contributed by atoms with Gasteiger partial charge in [-0.15, -0.1) is 0 Å². The molecule has 13 nitrogen and oxygen atoms in total. The van der Waals surface area contributed by atoms with Crippen LogP contribution in [0.25, 0.3) is 11.2 Å². The third kappa shape index (κ3) is 5.99. The van der Waals surface area contributed by atoms with Gasteiger partial charge in [0.25, 0.3) is 12.0 Å². The molecule has 5 rings (SSSR count). The summed E-state index contributed by atoms with van der Waals surface area (Å²) >= 11 is 5.56. The quantitative estimate of drug-likeness (QED) is 0.205. The van der Waals surface area contributed by atoms with Gasteiger partial charge in [-0.05, 0) is 48.5 Å². The second kappa shape index (κ2) is 12.0. The van der Waals surface area contributed by atoms with Gasteiger partial charge < -0.3 is 34.1 Å². The zero-order valence-corrected chi connectivity index (χ0v) is 24.1. The molecule has 0 saturated carbocycles. The number of halogens is 3. The number of imidazole rings is 1. The Bertz CT molecular complexity index is 1640. The summed E-state index contributed by atoms with van der Waals surface area (Å²) in [5, 5.41) is 10.8. The molecule has 2 aromatic carbocycles. The summed E-state index contributed by atoms with van der Waals surface area (Å²) < 4.78 is 78.9. The summed E-state index contributed by atoms with van der Waals surface area (Å²) in [6, 6.07) is 12.2. The summed E-state index contributed by atoms with van der Waals surface area (Å²) in [6.45, 7) is -5.17. The van der Waals surface area contributed by atoms with Crippen molar-refractivity contribution in [2.45, 2.75) is 30.5 Å². The molecule has 2 aromatic heterocycles. The minimum atomic E-state index is -4.01. The van der Waals surface area contributed by atoms with Crippen molar-refractivity contribution in [2.24, 2.45) is 0 Å². The number of anilines is 1. The Morgan fingerprint density at radius 3 is 2.14 bits per heavy atom. The molecule has 0 amide bonds. The number of aromatic amines is 1. The van der Waals surface area contributed by atoms with Gasteiger partial charge in [0.1, 0.15) is 29.1 Å². The molecule has 4 N–H and O–H groups in total. The van der Waals surface area contributed by atoms with Crippen LogP contribution in [0, 0.1) is 0 Å². The van der Waals surface area contributed by atoms with Gasteiger partial charge in [0.2, 0.25) is 5.95 Å². The molecule has 1 fully saturated rings. The standard InChI is InChI=1S/C25H25F3N5O8PS/c1-36-13-3-7-15(8-4-13)40-42(43,41-16-9-5-14(37-2)6-10-16)38-11-25(23(27)28)19(34)17(26)22(39-25)33-12-30-18-20(33)31-24(29)32-21(18)35/h3-10,12,17,19,22-23,34H,11H2,1-2H3,(H3,29,31,32,35)/t17-,19-,22+,25+/m0/s1. The topological polar surface area (TPSA) is 165 Å². The Morgan fingerprint density at radius 2 is 1.63 bits per heavy atom. The van der Waals surface area contributed by atoms with Gasteiger partial charge in [0.15, 0.2) is 29.2 Å². The molecule has 0 aliphatic carbocycles. The maximum absolute atomic E-state index is 15.5. The summed E-state index contributed by atoms with van der Waals surface area (Å²) in [4.78, 5) is 22.1. The lowest BCUT2D eigenvalue weighted by molar-refractivity contribution is -0.191. The number of fused-ring (bicyclic) bond motifs is 1. The van der Waals surface area contributed by atoms with E-state index in [-0.39, 0.29) is 28.6 Å². The number of nitrogens with zero attached hydrogens (tertiary/aromatic N) is 3. The van der Waals surface area contributed by atoms with Crippen LogP contribution in [-0.4, -0.2) is 69.8 Å². The lowest BCUT2D eigenvalue weighted by atomic mass is 9.97. The predicted octanol–water partition coefficient (Wildman–Crippen LogP) is 3.35. The van der Waals surface area contributed by atoms with Crippen LogP contribution < -0.4 is 29.8 Å². The fourth-order valence-corrected chi connectivity index (χ4v) is 6.21. The lowest BCUT2D eigenvalue weighted by Gasteiger charge is -2.32. The number of benzene rings is 2. The number of nitrogen functional groups attached to an aromatic ring is 1. The smallest absolute Gasteiger partial charge is 0.435 e. The van der Waals surface area contributed by atoms with E-state index in [1.807, 2.05) is 0 Å². The molecule has 1 aliphatic rings. The Kier molecular flexibility index (Phi) is 8.54. The molecule has 18 heteroatoms. The Hall–Kier alpha value is -3.89. The third-order valence-electron chi connectivity index (χ3n) is 6.51. The van der Waals surface area contributed by atoms with Crippen molar-refractivity contribution < 1.29 is 46.1 Å². The van der Waals surface area contributed by atoms with Crippen molar-refractivity contribution in [1.82, 2.24) is 19.5 Å². The number of ether oxygens (including phenoxy) is 3. The van der Waals surface area contributed by atoms with Crippen molar-refractivity contribution >= 4 is 35.6 Å². The highest BCUT2D eigenvalue weighted by atomic mass is 32.5. The van der Waals surface area contributed by atoms with Gasteiger partial charge in [0.05, 0.1) is 27.2 Å². The van der Waals surface area contributed by atoms with Gasteiger partial charge >= 0.3 is 6.72 Å². The van der Waals surface area contributed by atoms with Crippen molar-refractivity contribution in [3.05, 3.63) is 65.2 Å². The molecule has 3 heterocycles. The molecule has 43 heavy (non-hydrogen) atoms. The number of H-pyrrole nitrogens is 1. The number of hydrogen-bond acceptors (Lipinski definition) is 12. The summed E-state index contributed by atoms with van der Waals surface area (Å²) in [5.74, 6) is 0.973. The number of rotatable bonds is 11. The summed E-state index contributed by atoms with van der Waals surface area (Å²) in [7, 11) is 2.93. The highest BCUT2D eigenvalue weighted by Crippen LogP contribution is 2.53. The van der Waals surface area contributed by atoms with Gasteiger partial charge in [-0.3, -0.25) is 18.9 Å². The number of nitrogens with two attached hydrogens (primary N) is 1. The van der Waals surface area contributed by atoms with Crippen LogP contribution in [0.15, 0.2) is 59.7 Å². The van der Waals surface area contributed by atoms with E-state index < -0.39 is 49.4 Å². The molecule has 0 bridgehead atoms. The van der Waals surface area contributed by atoms with E-state index in [9.17, 15) is 18.7 Å². The highest BCUT2D eigenvalue weighted by Gasteiger charge is 2.62. The normalized spacial score (nSPS) is 22.2. The fourth-order valence-electron chi connectivity index (χ4n) is 4.27. The van der Waals surface area contributed by atoms with Gasteiger partial charge in [-0.1, -0.05) is 0 Å². The van der Waals surface area contributed by atoms with Crippen LogP contribution in [0.4, 0.5) is 19.1 Å². The zero-order chi connectivity index (χ0) is 30.9. The average molecular weight is 644 g/mol. The van der Waals surface area contributed by atoms with Crippen LogP contribution in [0.1, 0.15) is 6.23 Å². The maximum atomic E-state index is 15.5. The minimum Gasteiger partial charge on any atom is -0.497 e. The minimum absolute atomic E-state index is 0.150. The third-order valence-corrected chi connectivity index (χ3v) is 8.59. The molecular weight excluding hydrogens is 618 g/mol. The van der Waals surface area contributed by atoms with Crippen molar-refractivity contribution in [2.75, 3.05) is 26.6 Å². The van der Waals surface area contributed by atoms with Crippen molar-refractivity contribution in [1.29, 1.82) is 0 Å². The Morgan fingerprint density at radius 1 is 1.09 bits per heavy atom. The van der Waals surface area contributed by atoms with E-state index in [0.29, 0.717) is 11.5 Å². The van der Waals surface area contributed by atoms with Crippen molar-refractivity contribution in [3.8, 4) is 23.0 Å². The van der Waals surface area contributed by atoms with Crippen LogP contribution in [0.5, 0.6) is 23.0 Å². The first-order chi connectivity index (χ1) is 20.5. The molecular formula is C25H25F3N5O8PS. The molecule has 4 aromatic rings. The summed E-state index contributed by atoms with van der Waals surface area (Å²) in [6.07, 6.45) is -9.30. The number of aromatic nitrogens is 4. The number of hydrogen-bond donors (Lipinski definition) is 3. The number of alkyl halides is 3. The van der Waals surface area contributed by atoms with E-state index in [1.165, 1.54) is 38.5 Å². The lowest BCUT2D eigenvalue weighted by Crippen LogP contribution is -2.52. The molecule has 0 radical (unpaired) electrons. The molecule has 0 spiro atoms. The van der Waals surface area contributed by atoms with Gasteiger partial charge in [0, 0.05) is 11.8 Å². The van der Waals surface area contributed by atoms with Crippen LogP contribution >= 0.6 is 6.72 Å². The average Bonchev–Trinajstić information content (AvgIpc) is 3.52. The first-order valence-electron chi connectivity index (χ1n) is 12.4. The largest absolute Gasteiger partial charge is 0.497 e. The first kappa shape index (κ1) is 30.6. The van der Waals surface area contributed by atoms with E-state index >= 15 is 4.39 Å². The van der Waals surface area contributed by atoms with Crippen LogP contribution in [0.3, 0.4) is 0 Å². The number of aliphatic hydroxyl groups excluding tert-OH is 1. The Labute approximate surface area is 246 Å². The number of aliphatic hydroxyl groups is 1. The molecule has 1 saturated heterocycles. The zero-order valence-electron chi connectivity index (χ0n) is 22.4. The van der Waals surface area contributed by atoms with Crippen LogP contribution in [0.2, 0.25) is 0 Å². The van der Waals surface area contributed by atoms with Gasteiger partial charge in [-0.25, -0.2) is 18.2 Å². The molecule has 0 unspecified atom stereocenters. The number of methoxy groups -OCH3 is 2. The van der Waals surface area contributed by atoms with E-state index in [4.69, 9.17) is 45.3 Å². The van der Waals surface area contributed by atoms with Crippen LogP contribution in [-0.2, 0) is 21.1 Å². The maximum Gasteiger partial charge on any atom is 0.435 e. The van der Waals surface area contributed by atoms with Gasteiger partial charge in [-0.2, -0.15) is 4.98 Å². The second-order valence-electron chi connectivity index (χ2n) is 9.18. The van der Waals surface area contributed by atoms with E-state index in [2.05, 4.69) is 15.0 Å². The van der Waals surface area contributed by atoms with Crippen molar-refractivity contribution in [3.63, 3.8) is 0 Å². The first-order valence-corrected chi connectivity index (χ1v) is 15.0. The fraction of sp³-hybridized carbons (Fsp3) is 0.320.